The Morgan fingerprint density at radius 3 is 2.55 bits per heavy atom. The van der Waals surface area contributed by atoms with Gasteiger partial charge >= 0.3 is 0 Å². The second-order valence-corrected chi connectivity index (χ2v) is 5.53. The van der Waals surface area contributed by atoms with Gasteiger partial charge in [-0.1, -0.05) is 40.2 Å². The van der Waals surface area contributed by atoms with E-state index in [0.717, 1.165) is 21.2 Å². The molecule has 0 aliphatic rings. The van der Waals surface area contributed by atoms with Gasteiger partial charge in [0.25, 0.3) is 0 Å². The summed E-state index contributed by atoms with van der Waals surface area (Å²) >= 11 is 3.46. The first-order valence-corrected chi connectivity index (χ1v) is 7.10. The standard InChI is InChI=1S/C17H13BrO2/c18-15-6-4-14-10-17(7-5-13(14)9-15)20-11-12-2-1-3-16(19)8-12/h1-10,19H,11H2. The first-order chi connectivity index (χ1) is 9.70. The van der Waals surface area contributed by atoms with Gasteiger partial charge in [0.05, 0.1) is 0 Å². The number of rotatable bonds is 3. The van der Waals surface area contributed by atoms with Crippen molar-refractivity contribution in [3.8, 4) is 11.5 Å². The topological polar surface area (TPSA) is 29.5 Å². The van der Waals surface area contributed by atoms with E-state index in [0.29, 0.717) is 6.61 Å². The molecule has 0 heterocycles. The van der Waals surface area contributed by atoms with Crippen molar-refractivity contribution in [3.63, 3.8) is 0 Å². The molecule has 0 saturated carbocycles. The number of halogens is 1. The van der Waals surface area contributed by atoms with Crippen molar-refractivity contribution in [3.05, 3.63) is 70.7 Å². The van der Waals surface area contributed by atoms with Gasteiger partial charge in [0.1, 0.15) is 18.1 Å². The summed E-state index contributed by atoms with van der Waals surface area (Å²) in [5, 5.41) is 11.7. The summed E-state index contributed by atoms with van der Waals surface area (Å²) in [4.78, 5) is 0. The fourth-order valence-electron chi connectivity index (χ4n) is 2.10. The van der Waals surface area contributed by atoms with Gasteiger partial charge in [-0.3, -0.25) is 0 Å². The van der Waals surface area contributed by atoms with Crippen molar-refractivity contribution in [2.24, 2.45) is 0 Å². The number of benzene rings is 3. The molecule has 100 valence electrons. The van der Waals surface area contributed by atoms with Gasteiger partial charge in [-0.25, -0.2) is 0 Å². The lowest BCUT2D eigenvalue weighted by atomic mass is 10.1. The zero-order valence-corrected chi connectivity index (χ0v) is 12.3. The molecule has 0 aliphatic heterocycles. The first-order valence-electron chi connectivity index (χ1n) is 6.31. The molecule has 3 rings (SSSR count). The SMILES string of the molecule is Oc1cccc(COc2ccc3cc(Br)ccc3c2)c1. The summed E-state index contributed by atoms with van der Waals surface area (Å²) in [6.07, 6.45) is 0. The third kappa shape index (κ3) is 2.94. The highest BCUT2D eigenvalue weighted by Gasteiger charge is 2.00. The Kier molecular flexibility index (Phi) is 3.61. The zero-order chi connectivity index (χ0) is 13.9. The minimum absolute atomic E-state index is 0.259. The number of fused-ring (bicyclic) bond motifs is 1. The van der Waals surface area contributed by atoms with Gasteiger partial charge in [0, 0.05) is 4.47 Å². The van der Waals surface area contributed by atoms with Crippen LogP contribution in [0.3, 0.4) is 0 Å². The van der Waals surface area contributed by atoms with Crippen LogP contribution < -0.4 is 4.74 Å². The van der Waals surface area contributed by atoms with E-state index in [9.17, 15) is 5.11 Å². The van der Waals surface area contributed by atoms with Crippen molar-refractivity contribution < 1.29 is 9.84 Å². The van der Waals surface area contributed by atoms with E-state index in [1.54, 1.807) is 12.1 Å². The lowest BCUT2D eigenvalue weighted by Gasteiger charge is -2.08. The lowest BCUT2D eigenvalue weighted by Crippen LogP contribution is -1.94. The fourth-order valence-corrected chi connectivity index (χ4v) is 2.48. The molecule has 1 N–H and O–H groups in total. The second kappa shape index (κ2) is 5.55. The Hall–Kier alpha value is -2.00. The van der Waals surface area contributed by atoms with Crippen LogP contribution in [0, 0.1) is 0 Å². The minimum Gasteiger partial charge on any atom is -0.508 e. The minimum atomic E-state index is 0.259. The van der Waals surface area contributed by atoms with Crippen molar-refractivity contribution in [1.82, 2.24) is 0 Å². The van der Waals surface area contributed by atoms with Crippen LogP contribution in [-0.2, 0) is 6.61 Å². The van der Waals surface area contributed by atoms with E-state index in [4.69, 9.17) is 4.74 Å². The maximum atomic E-state index is 9.42. The van der Waals surface area contributed by atoms with E-state index in [1.807, 2.05) is 36.4 Å². The molecule has 0 unspecified atom stereocenters. The Morgan fingerprint density at radius 1 is 0.900 bits per heavy atom. The van der Waals surface area contributed by atoms with Gasteiger partial charge < -0.3 is 9.84 Å². The smallest absolute Gasteiger partial charge is 0.120 e. The van der Waals surface area contributed by atoms with E-state index < -0.39 is 0 Å². The highest BCUT2D eigenvalue weighted by molar-refractivity contribution is 9.10. The summed E-state index contributed by atoms with van der Waals surface area (Å²) in [5.74, 6) is 1.08. The van der Waals surface area contributed by atoms with Gasteiger partial charge in [-0.05, 0) is 52.7 Å². The maximum absolute atomic E-state index is 9.42. The molecule has 2 nitrogen and oxygen atoms in total. The molecule has 0 saturated heterocycles. The molecule has 0 amide bonds. The number of hydrogen-bond donors (Lipinski definition) is 1. The molecule has 0 atom stereocenters. The van der Waals surface area contributed by atoms with Crippen LogP contribution in [0.1, 0.15) is 5.56 Å². The fraction of sp³-hybridized carbons (Fsp3) is 0.0588. The van der Waals surface area contributed by atoms with Gasteiger partial charge in [0.15, 0.2) is 0 Å². The van der Waals surface area contributed by atoms with Gasteiger partial charge in [-0.2, -0.15) is 0 Å². The molecular formula is C17H13BrO2. The molecular weight excluding hydrogens is 316 g/mol. The van der Waals surface area contributed by atoms with Crippen LogP contribution >= 0.6 is 15.9 Å². The first kappa shape index (κ1) is 13.0. The molecule has 0 spiro atoms. The Labute approximate surface area is 125 Å². The quantitative estimate of drug-likeness (QED) is 0.741. The Morgan fingerprint density at radius 2 is 1.70 bits per heavy atom. The summed E-state index contributed by atoms with van der Waals surface area (Å²) in [7, 11) is 0. The number of phenols is 1. The van der Waals surface area contributed by atoms with Crippen LogP contribution in [0.4, 0.5) is 0 Å². The predicted octanol–water partition coefficient (Wildman–Crippen LogP) is 4.89. The van der Waals surface area contributed by atoms with Crippen molar-refractivity contribution >= 4 is 26.7 Å². The van der Waals surface area contributed by atoms with Crippen LogP contribution in [-0.4, -0.2) is 5.11 Å². The number of ether oxygens (including phenoxy) is 1. The van der Waals surface area contributed by atoms with Crippen molar-refractivity contribution in [2.45, 2.75) is 6.61 Å². The average Bonchev–Trinajstić information content (AvgIpc) is 2.45. The van der Waals surface area contributed by atoms with Gasteiger partial charge in [0.2, 0.25) is 0 Å². The monoisotopic (exact) mass is 328 g/mol. The summed E-state index contributed by atoms with van der Waals surface area (Å²) in [6.45, 7) is 0.441. The average molecular weight is 329 g/mol. The number of phenolic OH excluding ortho intramolecular Hbond substituents is 1. The van der Waals surface area contributed by atoms with E-state index in [1.165, 1.54) is 5.39 Å². The Bertz CT molecular complexity index is 753. The molecule has 0 radical (unpaired) electrons. The summed E-state index contributed by atoms with van der Waals surface area (Å²) in [6, 6.07) is 19.3. The molecule has 0 bridgehead atoms. The molecule has 0 aromatic heterocycles. The molecule has 0 fully saturated rings. The van der Waals surface area contributed by atoms with Crippen LogP contribution in [0.15, 0.2) is 65.1 Å². The van der Waals surface area contributed by atoms with Crippen LogP contribution in [0.25, 0.3) is 10.8 Å². The van der Waals surface area contributed by atoms with Crippen molar-refractivity contribution in [1.29, 1.82) is 0 Å². The lowest BCUT2D eigenvalue weighted by molar-refractivity contribution is 0.306. The maximum Gasteiger partial charge on any atom is 0.120 e. The zero-order valence-electron chi connectivity index (χ0n) is 10.7. The Balaban J connectivity index is 1.79. The predicted molar refractivity (Wildman–Crippen MR) is 84.1 cm³/mol. The highest BCUT2D eigenvalue weighted by Crippen LogP contribution is 2.24. The van der Waals surface area contributed by atoms with Crippen molar-refractivity contribution in [2.75, 3.05) is 0 Å². The van der Waals surface area contributed by atoms with Crippen LogP contribution in [0.2, 0.25) is 0 Å². The summed E-state index contributed by atoms with van der Waals surface area (Å²) in [5.41, 5.74) is 0.945. The van der Waals surface area contributed by atoms with E-state index in [2.05, 4.69) is 28.1 Å². The summed E-state index contributed by atoms with van der Waals surface area (Å²) < 4.78 is 6.83. The molecule has 0 aliphatic carbocycles. The van der Waals surface area contributed by atoms with E-state index in [-0.39, 0.29) is 5.75 Å². The second-order valence-electron chi connectivity index (χ2n) is 4.61. The van der Waals surface area contributed by atoms with E-state index >= 15 is 0 Å². The van der Waals surface area contributed by atoms with Crippen LogP contribution in [0.5, 0.6) is 11.5 Å². The van der Waals surface area contributed by atoms with Gasteiger partial charge in [-0.15, -0.1) is 0 Å². The largest absolute Gasteiger partial charge is 0.508 e. The molecule has 3 aromatic rings. The third-order valence-corrected chi connectivity index (χ3v) is 3.58. The molecule has 20 heavy (non-hydrogen) atoms. The molecule has 3 aromatic carbocycles. The number of aromatic hydroxyl groups is 1. The number of hydrogen-bond acceptors (Lipinski definition) is 2. The normalized spacial score (nSPS) is 10.7. The third-order valence-electron chi connectivity index (χ3n) is 3.09. The highest BCUT2D eigenvalue weighted by atomic mass is 79.9. The molecule has 3 heteroatoms.